The number of nitrogens with zero attached hydrogens (tertiary/aromatic N) is 2. The molecule has 4 heteroatoms. The van der Waals surface area contributed by atoms with Crippen molar-refractivity contribution in [1.29, 1.82) is 10.5 Å². The zero-order valence-corrected chi connectivity index (χ0v) is 19.6. The molecule has 0 N–H and O–H groups in total. The van der Waals surface area contributed by atoms with E-state index in [1.54, 1.807) is 36.4 Å². The molecule has 0 aliphatic rings. The number of nitriles is 2. The molecule has 0 spiro atoms. The molecule has 0 fully saturated rings. The molecule has 0 amide bonds. The monoisotopic (exact) mass is 476 g/mol. The van der Waals surface area contributed by atoms with Crippen molar-refractivity contribution in [2.45, 2.75) is 0 Å². The molecule has 4 aromatic carbocycles. The molecule has 0 radical (unpaired) electrons. The number of halogens is 2. The molecule has 0 aromatic heterocycles. The Balaban J connectivity index is 1.48. The molecule has 0 saturated carbocycles. The second-order valence-corrected chi connectivity index (χ2v) is 8.47. The molecule has 4 aromatic rings. The van der Waals surface area contributed by atoms with Crippen molar-refractivity contribution in [1.82, 2.24) is 0 Å². The van der Waals surface area contributed by atoms with Crippen molar-refractivity contribution in [3.63, 3.8) is 0 Å². The molecular formula is C30H18Cl2N2. The van der Waals surface area contributed by atoms with E-state index in [0.29, 0.717) is 21.2 Å². The first-order valence-electron chi connectivity index (χ1n) is 10.5. The molecule has 0 bridgehead atoms. The molecule has 0 aliphatic heterocycles. The van der Waals surface area contributed by atoms with Crippen molar-refractivity contribution in [3.8, 4) is 23.3 Å². The van der Waals surface area contributed by atoms with Crippen molar-refractivity contribution >= 4 is 47.5 Å². The fourth-order valence-electron chi connectivity index (χ4n) is 3.49. The highest BCUT2D eigenvalue weighted by atomic mass is 35.5. The SMILES string of the molecule is N#Cc1ccc(Cl)cc1C=Cc1ccc(-c2ccc(C=Cc3cc(Cl)ccc3C#N)cc2)cc1. The van der Waals surface area contributed by atoms with Crippen LogP contribution in [-0.4, -0.2) is 0 Å². The van der Waals surface area contributed by atoms with E-state index in [1.165, 1.54) is 0 Å². The van der Waals surface area contributed by atoms with Crippen LogP contribution < -0.4 is 0 Å². The zero-order chi connectivity index (χ0) is 23.9. The Kier molecular flexibility index (Phi) is 7.26. The van der Waals surface area contributed by atoms with Gasteiger partial charge in [-0.1, -0.05) is 96.0 Å². The Labute approximate surface area is 209 Å². The number of benzene rings is 4. The van der Waals surface area contributed by atoms with E-state index in [4.69, 9.17) is 23.2 Å². The second kappa shape index (κ2) is 10.7. The third-order valence-corrected chi connectivity index (χ3v) is 5.80. The summed E-state index contributed by atoms with van der Waals surface area (Å²) in [5.74, 6) is 0. The van der Waals surface area contributed by atoms with Crippen LogP contribution in [0.2, 0.25) is 10.0 Å². The van der Waals surface area contributed by atoms with E-state index >= 15 is 0 Å². The summed E-state index contributed by atoms with van der Waals surface area (Å²) in [6.07, 6.45) is 7.74. The Morgan fingerprint density at radius 2 is 0.882 bits per heavy atom. The summed E-state index contributed by atoms with van der Waals surface area (Å²) >= 11 is 12.1. The summed E-state index contributed by atoms with van der Waals surface area (Å²) in [5, 5.41) is 19.7. The smallest absolute Gasteiger partial charge is 0.0997 e. The fraction of sp³-hybridized carbons (Fsp3) is 0. The van der Waals surface area contributed by atoms with E-state index in [1.807, 2.05) is 48.6 Å². The highest BCUT2D eigenvalue weighted by molar-refractivity contribution is 6.31. The maximum absolute atomic E-state index is 9.27. The molecule has 162 valence electrons. The Bertz CT molecular complexity index is 1350. The molecule has 4 rings (SSSR count). The summed E-state index contributed by atoms with van der Waals surface area (Å²) in [6.45, 7) is 0. The van der Waals surface area contributed by atoms with E-state index in [9.17, 15) is 10.5 Å². The quantitative estimate of drug-likeness (QED) is 0.270. The van der Waals surface area contributed by atoms with Gasteiger partial charge >= 0.3 is 0 Å². The van der Waals surface area contributed by atoms with Crippen molar-refractivity contribution in [2.24, 2.45) is 0 Å². The minimum absolute atomic E-state index is 0.589. The third kappa shape index (κ3) is 5.64. The summed E-state index contributed by atoms with van der Waals surface area (Å²) in [5.41, 5.74) is 7.04. The van der Waals surface area contributed by atoms with Crippen LogP contribution in [0.15, 0.2) is 84.9 Å². The van der Waals surface area contributed by atoms with Gasteiger partial charge in [0.2, 0.25) is 0 Å². The van der Waals surface area contributed by atoms with Gasteiger partial charge in [0.1, 0.15) is 0 Å². The van der Waals surface area contributed by atoms with Gasteiger partial charge in [-0.3, -0.25) is 0 Å². The van der Waals surface area contributed by atoms with Crippen LogP contribution >= 0.6 is 23.2 Å². The first-order chi connectivity index (χ1) is 16.6. The first-order valence-corrected chi connectivity index (χ1v) is 11.3. The lowest BCUT2D eigenvalue weighted by atomic mass is 10.0. The van der Waals surface area contributed by atoms with Crippen molar-refractivity contribution in [3.05, 3.63) is 128 Å². The topological polar surface area (TPSA) is 47.6 Å². The zero-order valence-electron chi connectivity index (χ0n) is 18.0. The van der Waals surface area contributed by atoms with Gasteiger partial charge in [-0.2, -0.15) is 10.5 Å². The van der Waals surface area contributed by atoms with E-state index in [2.05, 4.69) is 36.4 Å². The highest BCUT2D eigenvalue weighted by Crippen LogP contribution is 2.24. The van der Waals surface area contributed by atoms with Crippen LogP contribution in [0.5, 0.6) is 0 Å². The van der Waals surface area contributed by atoms with Gasteiger partial charge in [-0.15, -0.1) is 0 Å². The lowest BCUT2D eigenvalue weighted by molar-refractivity contribution is 1.47. The predicted octanol–water partition coefficient (Wildman–Crippen LogP) is 8.74. The minimum atomic E-state index is 0.589. The van der Waals surface area contributed by atoms with Gasteiger partial charge in [0.15, 0.2) is 0 Å². The average Bonchev–Trinajstić information content (AvgIpc) is 2.87. The summed E-state index contributed by atoms with van der Waals surface area (Å²) in [4.78, 5) is 0. The van der Waals surface area contributed by atoms with E-state index < -0.39 is 0 Å². The van der Waals surface area contributed by atoms with Crippen LogP contribution in [0, 0.1) is 22.7 Å². The molecule has 2 nitrogen and oxygen atoms in total. The molecule has 0 unspecified atom stereocenters. The second-order valence-electron chi connectivity index (χ2n) is 7.60. The summed E-state index contributed by atoms with van der Waals surface area (Å²) in [6, 6.07) is 31.3. The first kappa shape index (κ1) is 23.1. The molecule has 0 heterocycles. The minimum Gasteiger partial charge on any atom is -0.192 e. The van der Waals surface area contributed by atoms with Crippen molar-refractivity contribution < 1.29 is 0 Å². The van der Waals surface area contributed by atoms with Crippen molar-refractivity contribution in [2.75, 3.05) is 0 Å². The Hall–Kier alpha value is -4.08. The predicted molar refractivity (Wildman–Crippen MR) is 142 cm³/mol. The maximum atomic E-state index is 9.27. The van der Waals surface area contributed by atoms with Gasteiger partial charge in [0, 0.05) is 10.0 Å². The van der Waals surface area contributed by atoms with Crippen LogP contribution in [0.25, 0.3) is 35.4 Å². The normalized spacial score (nSPS) is 10.9. The highest BCUT2D eigenvalue weighted by Gasteiger charge is 2.02. The van der Waals surface area contributed by atoms with Crippen LogP contribution in [0.1, 0.15) is 33.4 Å². The van der Waals surface area contributed by atoms with E-state index in [0.717, 1.165) is 33.4 Å². The number of hydrogen-bond donors (Lipinski definition) is 0. The molecule has 0 saturated heterocycles. The van der Waals surface area contributed by atoms with Gasteiger partial charge in [-0.05, 0) is 69.8 Å². The van der Waals surface area contributed by atoms with Gasteiger partial charge in [0.25, 0.3) is 0 Å². The Morgan fingerprint density at radius 3 is 1.24 bits per heavy atom. The van der Waals surface area contributed by atoms with Crippen LogP contribution in [0.3, 0.4) is 0 Å². The van der Waals surface area contributed by atoms with Crippen LogP contribution in [-0.2, 0) is 0 Å². The maximum Gasteiger partial charge on any atom is 0.0997 e. The largest absolute Gasteiger partial charge is 0.192 e. The van der Waals surface area contributed by atoms with E-state index in [-0.39, 0.29) is 0 Å². The molecular weight excluding hydrogens is 459 g/mol. The number of hydrogen-bond acceptors (Lipinski definition) is 2. The van der Waals surface area contributed by atoms with Gasteiger partial charge < -0.3 is 0 Å². The molecule has 0 aliphatic carbocycles. The number of rotatable bonds is 5. The van der Waals surface area contributed by atoms with Gasteiger partial charge in [-0.25, -0.2) is 0 Å². The molecule has 34 heavy (non-hydrogen) atoms. The van der Waals surface area contributed by atoms with Gasteiger partial charge in [0.05, 0.1) is 23.3 Å². The standard InChI is InChI=1S/C30H18Cl2N2/c31-29-15-13-27(19-33)25(17-29)11-5-21-1-7-23(8-2-21)24-9-3-22(4-10-24)6-12-26-18-30(32)16-14-28(26)20-34/h1-18H. The van der Waals surface area contributed by atoms with Crippen LogP contribution in [0.4, 0.5) is 0 Å². The lowest BCUT2D eigenvalue weighted by Crippen LogP contribution is -1.83. The summed E-state index contributed by atoms with van der Waals surface area (Å²) < 4.78 is 0. The summed E-state index contributed by atoms with van der Waals surface area (Å²) in [7, 11) is 0. The fourth-order valence-corrected chi connectivity index (χ4v) is 3.85. The Morgan fingerprint density at radius 1 is 0.500 bits per heavy atom. The average molecular weight is 477 g/mol. The third-order valence-electron chi connectivity index (χ3n) is 5.33. The lowest BCUT2D eigenvalue weighted by Gasteiger charge is -2.04. The molecule has 0 atom stereocenters.